The van der Waals surface area contributed by atoms with Crippen LogP contribution in [0.15, 0.2) is 42.5 Å². The number of pyridine rings is 1. The first-order valence-electron chi connectivity index (χ1n) is 14.1. The highest BCUT2D eigenvalue weighted by Crippen LogP contribution is 2.55. The third kappa shape index (κ3) is 4.20. The Bertz CT molecular complexity index is 1180. The van der Waals surface area contributed by atoms with Gasteiger partial charge in [-0.25, -0.2) is 4.98 Å². The van der Waals surface area contributed by atoms with E-state index in [1.807, 2.05) is 18.2 Å². The third-order valence-electron chi connectivity index (χ3n) is 9.92. The zero-order chi connectivity index (χ0) is 25.4. The highest BCUT2D eigenvalue weighted by Gasteiger charge is 2.55. The smallest absolute Gasteiger partial charge is 0.270 e. The maximum absolute atomic E-state index is 13.3. The summed E-state index contributed by atoms with van der Waals surface area (Å²) in [6, 6.07) is 14.5. The summed E-state index contributed by atoms with van der Waals surface area (Å²) in [5.41, 5.74) is 1.60. The van der Waals surface area contributed by atoms with E-state index < -0.39 is 11.2 Å². The molecule has 6 aliphatic rings. The number of hydrogen-bond acceptors (Lipinski definition) is 6. The average molecular weight is 503 g/mol. The van der Waals surface area contributed by atoms with Gasteiger partial charge in [0.15, 0.2) is 0 Å². The standard InChI is InChI=1S/C30H38N4O3/c1-19-18-33(24-7-5-23(6-8-24)30(37)9-10-30)11-12-34(19)26-4-2-3-25(31-26)28(35)32-27-21-13-20-14-22(27)17-29(36,15-20)16-21/h2-8,19-22,27,36-37H,9-18H2,1H3,(H,32,35)/t19-,20?,21?,22?,27?,29?/m1/s1. The maximum Gasteiger partial charge on any atom is 0.270 e. The van der Waals surface area contributed by atoms with E-state index in [0.29, 0.717) is 23.4 Å². The molecule has 2 unspecified atom stereocenters. The van der Waals surface area contributed by atoms with Crippen LogP contribution in [0.4, 0.5) is 11.5 Å². The van der Waals surface area contributed by atoms with Crippen molar-refractivity contribution in [3.8, 4) is 0 Å². The number of rotatable bonds is 5. The molecule has 0 radical (unpaired) electrons. The lowest BCUT2D eigenvalue weighted by atomic mass is 9.52. The van der Waals surface area contributed by atoms with Crippen LogP contribution < -0.4 is 15.1 Å². The van der Waals surface area contributed by atoms with Gasteiger partial charge >= 0.3 is 0 Å². The molecule has 1 amide bonds. The Balaban J connectivity index is 1.01. The van der Waals surface area contributed by atoms with Crippen LogP contribution in [0, 0.1) is 17.8 Å². The van der Waals surface area contributed by atoms with Gasteiger partial charge in [0.2, 0.25) is 0 Å². The predicted molar refractivity (Wildman–Crippen MR) is 143 cm³/mol. The zero-order valence-corrected chi connectivity index (χ0v) is 21.6. The van der Waals surface area contributed by atoms with Gasteiger partial charge in [-0.15, -0.1) is 0 Å². The van der Waals surface area contributed by atoms with Gasteiger partial charge in [-0.05, 0) is 99.5 Å². The fraction of sp³-hybridized carbons (Fsp3) is 0.600. The number of nitrogens with zero attached hydrogens (tertiary/aromatic N) is 3. The Morgan fingerprint density at radius 1 is 1.00 bits per heavy atom. The van der Waals surface area contributed by atoms with Gasteiger partial charge in [-0.3, -0.25) is 4.79 Å². The van der Waals surface area contributed by atoms with Gasteiger partial charge in [-0.1, -0.05) is 18.2 Å². The van der Waals surface area contributed by atoms with Gasteiger partial charge in [0.05, 0.1) is 11.2 Å². The fourth-order valence-corrected chi connectivity index (χ4v) is 8.07. The first kappa shape index (κ1) is 23.5. The molecule has 8 rings (SSSR count). The van der Waals surface area contributed by atoms with Crippen LogP contribution in [0.3, 0.4) is 0 Å². The second-order valence-corrected chi connectivity index (χ2v) is 12.6. The number of aromatic nitrogens is 1. The van der Waals surface area contributed by atoms with E-state index in [4.69, 9.17) is 4.98 Å². The minimum Gasteiger partial charge on any atom is -0.390 e. The monoisotopic (exact) mass is 502 g/mol. The predicted octanol–water partition coefficient (Wildman–Crippen LogP) is 3.45. The highest BCUT2D eigenvalue weighted by atomic mass is 16.3. The highest BCUT2D eigenvalue weighted by molar-refractivity contribution is 5.93. The van der Waals surface area contributed by atoms with Crippen molar-refractivity contribution in [3.63, 3.8) is 0 Å². The van der Waals surface area contributed by atoms with Crippen molar-refractivity contribution in [1.29, 1.82) is 0 Å². The van der Waals surface area contributed by atoms with E-state index in [1.54, 1.807) is 0 Å². The van der Waals surface area contributed by atoms with Crippen molar-refractivity contribution in [2.75, 3.05) is 29.4 Å². The van der Waals surface area contributed by atoms with Crippen molar-refractivity contribution in [1.82, 2.24) is 10.3 Å². The lowest BCUT2D eigenvalue weighted by molar-refractivity contribution is -0.136. The van der Waals surface area contributed by atoms with Crippen molar-refractivity contribution in [2.45, 2.75) is 75.2 Å². The normalized spacial score (nSPS) is 35.5. The minimum atomic E-state index is -0.593. The Labute approximate surface area is 218 Å². The summed E-state index contributed by atoms with van der Waals surface area (Å²) in [5.74, 6) is 2.16. The van der Waals surface area contributed by atoms with Crippen LogP contribution in [0.2, 0.25) is 0 Å². The number of aliphatic hydroxyl groups is 2. The molecule has 7 heteroatoms. The first-order chi connectivity index (χ1) is 17.8. The topological polar surface area (TPSA) is 88.9 Å². The summed E-state index contributed by atoms with van der Waals surface area (Å²) in [4.78, 5) is 22.8. The summed E-state index contributed by atoms with van der Waals surface area (Å²) in [7, 11) is 0. The molecule has 7 nitrogen and oxygen atoms in total. The molecule has 0 spiro atoms. The molecule has 1 aromatic carbocycles. The molecule has 5 aliphatic carbocycles. The number of piperazine rings is 1. The van der Waals surface area contributed by atoms with Crippen LogP contribution in [0.5, 0.6) is 0 Å². The summed E-state index contributed by atoms with van der Waals surface area (Å²) >= 11 is 0. The summed E-state index contributed by atoms with van der Waals surface area (Å²) < 4.78 is 0. The zero-order valence-electron chi connectivity index (χ0n) is 21.6. The van der Waals surface area contributed by atoms with Crippen LogP contribution >= 0.6 is 0 Å². The molecule has 1 aromatic heterocycles. The van der Waals surface area contributed by atoms with Crippen molar-refractivity contribution in [3.05, 3.63) is 53.7 Å². The Morgan fingerprint density at radius 2 is 1.73 bits per heavy atom. The molecule has 1 aliphatic heterocycles. The van der Waals surface area contributed by atoms with Crippen molar-refractivity contribution >= 4 is 17.4 Å². The van der Waals surface area contributed by atoms with E-state index in [1.165, 1.54) is 5.69 Å². The molecule has 5 saturated carbocycles. The summed E-state index contributed by atoms with van der Waals surface area (Å²) in [5, 5.41) is 24.6. The van der Waals surface area contributed by atoms with Crippen LogP contribution in [0.1, 0.15) is 67.9 Å². The Kier molecular flexibility index (Phi) is 5.35. The van der Waals surface area contributed by atoms with Crippen LogP contribution in [-0.2, 0) is 5.60 Å². The second kappa shape index (κ2) is 8.43. The lowest BCUT2D eigenvalue weighted by Crippen LogP contribution is -2.61. The first-order valence-corrected chi connectivity index (χ1v) is 14.1. The third-order valence-corrected chi connectivity index (χ3v) is 9.92. The van der Waals surface area contributed by atoms with Gasteiger partial charge in [0, 0.05) is 37.4 Å². The van der Waals surface area contributed by atoms with Crippen molar-refractivity contribution < 1.29 is 15.0 Å². The Hall–Kier alpha value is -2.64. The van der Waals surface area contributed by atoms with E-state index >= 15 is 0 Å². The molecule has 1 saturated heterocycles. The van der Waals surface area contributed by atoms with E-state index in [2.05, 4.69) is 46.3 Å². The molecular formula is C30H38N4O3. The number of carbonyl (C=O) groups excluding carboxylic acids is 1. The van der Waals surface area contributed by atoms with Gasteiger partial charge in [0.1, 0.15) is 11.5 Å². The maximum atomic E-state index is 13.3. The molecular weight excluding hydrogens is 464 g/mol. The molecule has 2 aromatic rings. The number of hydrogen-bond donors (Lipinski definition) is 3. The van der Waals surface area contributed by atoms with Crippen LogP contribution in [0.25, 0.3) is 0 Å². The largest absolute Gasteiger partial charge is 0.390 e. The van der Waals surface area contributed by atoms with Gasteiger partial charge < -0.3 is 25.3 Å². The number of benzene rings is 1. The van der Waals surface area contributed by atoms with Gasteiger partial charge in [-0.2, -0.15) is 0 Å². The van der Waals surface area contributed by atoms with E-state index in [0.717, 1.165) is 76.0 Å². The second-order valence-electron chi connectivity index (χ2n) is 12.6. The molecule has 37 heavy (non-hydrogen) atoms. The molecule has 3 atom stereocenters. The summed E-state index contributed by atoms with van der Waals surface area (Å²) in [6.07, 6.45) is 6.57. The molecule has 2 heterocycles. The van der Waals surface area contributed by atoms with Crippen molar-refractivity contribution in [2.24, 2.45) is 17.8 Å². The number of amides is 1. The van der Waals surface area contributed by atoms with E-state index in [9.17, 15) is 15.0 Å². The van der Waals surface area contributed by atoms with E-state index in [-0.39, 0.29) is 18.0 Å². The fourth-order valence-electron chi connectivity index (χ4n) is 8.07. The molecule has 4 bridgehead atoms. The number of carbonyl (C=O) groups is 1. The molecule has 6 fully saturated rings. The molecule has 196 valence electrons. The number of nitrogens with one attached hydrogen (secondary N) is 1. The quantitative estimate of drug-likeness (QED) is 0.581. The van der Waals surface area contributed by atoms with Crippen LogP contribution in [-0.4, -0.2) is 58.4 Å². The SMILES string of the molecule is C[C@@H]1CN(c2ccc(C3(O)CC3)cc2)CCN1c1cccc(C(=O)NC2C3CC4CC2CC(O)(C4)C3)n1. The minimum absolute atomic E-state index is 0.0880. The van der Waals surface area contributed by atoms with Gasteiger partial charge in [0.25, 0.3) is 5.91 Å². The number of anilines is 2. The average Bonchev–Trinajstić information content (AvgIpc) is 3.63. The summed E-state index contributed by atoms with van der Waals surface area (Å²) in [6.45, 7) is 4.79. The Morgan fingerprint density at radius 3 is 2.38 bits per heavy atom. The lowest BCUT2D eigenvalue weighted by Gasteiger charge is -2.58. The molecule has 3 N–H and O–H groups in total.